The molecular formula is C45H54N8O10. The summed E-state index contributed by atoms with van der Waals surface area (Å²) in [4.78, 5) is 98.5. The zero-order valence-corrected chi connectivity index (χ0v) is 36.1. The highest BCUT2D eigenvalue weighted by molar-refractivity contribution is 6.23. The second-order valence-electron chi connectivity index (χ2n) is 17.0. The summed E-state index contributed by atoms with van der Waals surface area (Å²) in [7, 11) is 6.23. The first-order valence-electron chi connectivity index (χ1n) is 21.6. The number of piperidine rings is 2. The van der Waals surface area contributed by atoms with Crippen molar-refractivity contribution in [2.24, 2.45) is 13.0 Å². The van der Waals surface area contributed by atoms with Crippen molar-refractivity contribution in [3.05, 3.63) is 74.7 Å². The number of anilines is 1. The fourth-order valence-electron chi connectivity index (χ4n) is 9.93. The van der Waals surface area contributed by atoms with Gasteiger partial charge in [0.05, 0.1) is 36.5 Å². The third-order valence-electron chi connectivity index (χ3n) is 13.4. The lowest BCUT2D eigenvalue weighted by molar-refractivity contribution is -0.143. The molecule has 3 N–H and O–H groups in total. The summed E-state index contributed by atoms with van der Waals surface area (Å²) in [6.45, 7) is 6.88. The Hall–Kier alpha value is -6.27. The smallest absolute Gasteiger partial charge is 0.331 e. The van der Waals surface area contributed by atoms with Gasteiger partial charge in [-0.05, 0) is 99.1 Å². The molecule has 5 aliphatic rings. The van der Waals surface area contributed by atoms with E-state index in [-0.39, 0.29) is 30.5 Å². The van der Waals surface area contributed by atoms with Gasteiger partial charge < -0.3 is 34.3 Å². The quantitative estimate of drug-likeness (QED) is 0.237. The molecule has 0 aliphatic carbocycles. The van der Waals surface area contributed by atoms with E-state index < -0.39 is 53.3 Å². The molecule has 0 radical (unpaired) electrons. The maximum Gasteiger partial charge on any atom is 0.331 e. The summed E-state index contributed by atoms with van der Waals surface area (Å²) < 4.78 is 13.3. The number of aliphatic carboxylic acids is 1. The Labute approximate surface area is 364 Å². The minimum atomic E-state index is -1.43. The number of carboxylic acids is 1. The Morgan fingerprint density at radius 1 is 0.825 bits per heavy atom. The minimum Gasteiger partial charge on any atom is -0.496 e. The molecule has 6 heterocycles. The van der Waals surface area contributed by atoms with Crippen LogP contribution in [0.5, 0.6) is 11.5 Å². The first kappa shape index (κ1) is 43.4. The second kappa shape index (κ2) is 17.8. The van der Waals surface area contributed by atoms with E-state index in [0.29, 0.717) is 52.6 Å². The van der Waals surface area contributed by atoms with Gasteiger partial charge >= 0.3 is 12.0 Å². The molecule has 1 aromatic heterocycles. The van der Waals surface area contributed by atoms with Gasteiger partial charge in [0.25, 0.3) is 17.4 Å². The Morgan fingerprint density at radius 3 is 2.14 bits per heavy atom. The number of methoxy groups -OCH3 is 2. The SMILES string of the molecule is CNC(=O)N1CCc2c(-c3cc(OC)c(CN4CCC(CCN5CCN(c6ccc7c(c6)C(=O)N(C6CCC(=O)NC6=O)C7=O)CC5)CC4)c(OC)c3)cn(C)c(=O)c2C1C(=O)O. The largest absolute Gasteiger partial charge is 0.496 e. The number of fused-ring (bicyclic) bond motifs is 2. The number of nitrogens with one attached hydrogen (secondary N) is 2. The third kappa shape index (κ3) is 8.24. The monoisotopic (exact) mass is 866 g/mol. The molecule has 3 saturated heterocycles. The number of carbonyl (C=O) groups is 6. The molecule has 2 aromatic carbocycles. The van der Waals surface area contributed by atoms with Crippen molar-refractivity contribution in [1.82, 2.24) is 34.8 Å². The molecule has 3 fully saturated rings. The number of urea groups is 1. The van der Waals surface area contributed by atoms with Crippen LogP contribution < -0.4 is 30.6 Å². The van der Waals surface area contributed by atoms with Crippen LogP contribution in [0.2, 0.25) is 0 Å². The summed E-state index contributed by atoms with van der Waals surface area (Å²) in [5.41, 5.74) is 3.92. The average molecular weight is 867 g/mol. The Morgan fingerprint density at radius 2 is 1.51 bits per heavy atom. The number of amides is 6. The second-order valence-corrected chi connectivity index (χ2v) is 17.0. The van der Waals surface area contributed by atoms with Crippen LogP contribution in [0, 0.1) is 5.92 Å². The normalized spacial score (nSPS) is 21.0. The van der Waals surface area contributed by atoms with Crippen molar-refractivity contribution in [2.45, 2.75) is 57.2 Å². The standard InChI is InChI=1S/C45H54N8O10/c1-46-45(61)52-16-12-29-32(24-48(2)43(58)38(29)39(52)44(59)60)27-21-35(62-3)33(36(22-27)63-4)25-50-14-10-26(11-15-50)9-13-49-17-19-51(20-18-49)28-5-6-30-31(23-28)42(57)53(41(30)56)34-7-8-37(54)47-40(34)55/h5-6,21-24,26,34,39H,7-20,25H2,1-4H3,(H,46,61)(H,59,60)(H,47,54,55). The Balaban J connectivity index is 0.860. The molecule has 18 nitrogen and oxygen atoms in total. The minimum absolute atomic E-state index is 0.0700. The van der Waals surface area contributed by atoms with E-state index >= 15 is 0 Å². The van der Waals surface area contributed by atoms with Crippen molar-refractivity contribution in [2.75, 3.05) is 78.5 Å². The lowest BCUT2D eigenvalue weighted by atomic mass is 9.87. The van der Waals surface area contributed by atoms with Crippen molar-refractivity contribution < 1.29 is 43.3 Å². The van der Waals surface area contributed by atoms with Crippen LogP contribution in [0.3, 0.4) is 0 Å². The zero-order valence-electron chi connectivity index (χ0n) is 36.1. The molecule has 0 spiro atoms. The van der Waals surface area contributed by atoms with Crippen LogP contribution in [0.25, 0.3) is 11.1 Å². The van der Waals surface area contributed by atoms with E-state index in [4.69, 9.17) is 9.47 Å². The highest BCUT2D eigenvalue weighted by Gasteiger charge is 2.45. The van der Waals surface area contributed by atoms with Gasteiger partial charge in [-0.3, -0.25) is 44.0 Å². The number of carboxylic acid groups (broad SMARTS) is 1. The van der Waals surface area contributed by atoms with Gasteiger partial charge in [0.1, 0.15) is 17.5 Å². The fraction of sp³-hybridized carbons (Fsp3) is 0.489. The maximum absolute atomic E-state index is 13.4. The summed E-state index contributed by atoms with van der Waals surface area (Å²) in [5, 5.41) is 14.9. The van der Waals surface area contributed by atoms with Crippen LogP contribution in [-0.4, -0.2) is 145 Å². The number of imide groups is 2. The maximum atomic E-state index is 13.4. The molecule has 2 unspecified atom stereocenters. The van der Waals surface area contributed by atoms with Gasteiger partial charge in [-0.15, -0.1) is 0 Å². The number of likely N-dealkylation sites (tertiary alicyclic amines) is 1. The fourth-order valence-corrected chi connectivity index (χ4v) is 9.93. The summed E-state index contributed by atoms with van der Waals surface area (Å²) in [6.07, 6.45) is 5.41. The highest BCUT2D eigenvalue weighted by atomic mass is 16.5. The van der Waals surface area contributed by atoms with E-state index in [0.717, 1.165) is 81.2 Å². The lowest BCUT2D eigenvalue weighted by Gasteiger charge is -2.38. The molecule has 0 saturated carbocycles. The van der Waals surface area contributed by atoms with Gasteiger partial charge in [0.15, 0.2) is 6.04 Å². The van der Waals surface area contributed by atoms with Crippen LogP contribution in [-0.2, 0) is 34.4 Å². The van der Waals surface area contributed by atoms with E-state index in [2.05, 4.69) is 25.3 Å². The van der Waals surface area contributed by atoms with E-state index in [1.54, 1.807) is 39.6 Å². The number of piperazine rings is 1. The van der Waals surface area contributed by atoms with E-state index in [9.17, 15) is 38.7 Å². The number of aromatic nitrogens is 1. The van der Waals surface area contributed by atoms with Crippen molar-refractivity contribution in [3.63, 3.8) is 0 Å². The number of ether oxygens (including phenoxy) is 2. The third-order valence-corrected chi connectivity index (χ3v) is 13.4. The van der Waals surface area contributed by atoms with Gasteiger partial charge in [-0.25, -0.2) is 9.59 Å². The first-order valence-corrected chi connectivity index (χ1v) is 21.6. The first-order chi connectivity index (χ1) is 30.3. The Bertz CT molecular complexity index is 2390. The Kier molecular flexibility index (Phi) is 12.3. The molecule has 3 aromatic rings. The van der Waals surface area contributed by atoms with Crippen LogP contribution in [0.15, 0.2) is 41.3 Å². The molecule has 5 aliphatic heterocycles. The van der Waals surface area contributed by atoms with Gasteiger partial charge in [0.2, 0.25) is 11.8 Å². The topological polar surface area (TPSA) is 203 Å². The predicted octanol–water partition coefficient (Wildman–Crippen LogP) is 2.22. The van der Waals surface area contributed by atoms with Crippen LogP contribution in [0.4, 0.5) is 10.5 Å². The molecule has 2 atom stereocenters. The lowest BCUT2D eigenvalue weighted by Crippen LogP contribution is -2.54. The molecule has 6 amide bonds. The summed E-state index contributed by atoms with van der Waals surface area (Å²) >= 11 is 0. The van der Waals surface area contributed by atoms with Crippen molar-refractivity contribution >= 4 is 41.3 Å². The number of aryl methyl sites for hydroxylation is 1. The van der Waals surface area contributed by atoms with Crippen molar-refractivity contribution in [3.8, 4) is 22.6 Å². The molecule has 63 heavy (non-hydrogen) atoms. The number of rotatable bonds is 11. The number of benzene rings is 2. The van der Waals surface area contributed by atoms with Gasteiger partial charge in [-0.2, -0.15) is 0 Å². The van der Waals surface area contributed by atoms with Crippen molar-refractivity contribution in [1.29, 1.82) is 0 Å². The molecule has 334 valence electrons. The number of hydrogen-bond donors (Lipinski definition) is 3. The molecule has 8 rings (SSSR count). The van der Waals surface area contributed by atoms with Crippen LogP contribution >= 0.6 is 0 Å². The van der Waals surface area contributed by atoms with E-state index in [1.165, 1.54) is 16.5 Å². The summed E-state index contributed by atoms with van der Waals surface area (Å²) in [6, 6.07) is 6.13. The predicted molar refractivity (Wildman–Crippen MR) is 230 cm³/mol. The molecule has 0 bridgehead atoms. The van der Waals surface area contributed by atoms with E-state index in [1.807, 2.05) is 18.2 Å². The molecule has 18 heteroatoms. The van der Waals surface area contributed by atoms with Gasteiger partial charge in [0, 0.05) is 77.2 Å². The van der Waals surface area contributed by atoms with Crippen LogP contribution in [0.1, 0.15) is 75.6 Å². The number of carbonyl (C=O) groups excluding carboxylic acids is 5. The number of hydrogen-bond acceptors (Lipinski definition) is 12. The number of pyridine rings is 1. The average Bonchev–Trinajstić information content (AvgIpc) is 3.54. The number of nitrogens with zero attached hydrogens (tertiary/aromatic N) is 6. The highest BCUT2D eigenvalue weighted by Crippen LogP contribution is 2.41. The molecular weight excluding hydrogens is 813 g/mol. The zero-order chi connectivity index (χ0) is 44.7. The van der Waals surface area contributed by atoms with Gasteiger partial charge in [-0.1, -0.05) is 0 Å². The summed E-state index contributed by atoms with van der Waals surface area (Å²) in [5.74, 6) is -1.47.